The average Bonchev–Trinajstić information content (AvgIpc) is 2.49. The number of hydrogen-bond acceptors (Lipinski definition) is 2. The van der Waals surface area contributed by atoms with E-state index in [-0.39, 0.29) is 0 Å². The smallest absolute Gasteiger partial charge is 0.335 e. The van der Waals surface area contributed by atoms with Gasteiger partial charge in [-0.1, -0.05) is 36.4 Å². The molecule has 0 saturated carbocycles. The summed E-state index contributed by atoms with van der Waals surface area (Å²) in [5, 5.41) is 18.1. The molecule has 0 amide bonds. The van der Waals surface area contributed by atoms with Gasteiger partial charge in [0.05, 0.1) is 17.2 Å². The molecule has 0 unspecified atom stereocenters. The fourth-order valence-electron chi connectivity index (χ4n) is 2.20. The molecular formula is C18H15NO2. The molecular weight excluding hydrogens is 262 g/mol. The summed E-state index contributed by atoms with van der Waals surface area (Å²) in [5.74, 6) is -0.909. The van der Waals surface area contributed by atoms with Gasteiger partial charge < -0.3 is 5.11 Å². The lowest BCUT2D eigenvalue weighted by molar-refractivity contribution is 0.0695. The van der Waals surface area contributed by atoms with E-state index in [1.54, 1.807) is 24.3 Å². The maximum Gasteiger partial charge on any atom is 0.335 e. The normalized spacial score (nSPS) is 10.5. The molecule has 104 valence electrons. The maximum absolute atomic E-state index is 11.2. The fourth-order valence-corrected chi connectivity index (χ4v) is 2.20. The number of carboxylic acids is 1. The minimum Gasteiger partial charge on any atom is -0.478 e. The molecule has 0 aliphatic heterocycles. The Morgan fingerprint density at radius 2 is 2.05 bits per heavy atom. The number of nitrogens with zero attached hydrogens (tertiary/aromatic N) is 1. The van der Waals surface area contributed by atoms with Crippen LogP contribution in [0.15, 0.2) is 48.5 Å². The van der Waals surface area contributed by atoms with Gasteiger partial charge >= 0.3 is 5.97 Å². The van der Waals surface area contributed by atoms with Gasteiger partial charge in [-0.3, -0.25) is 0 Å². The lowest BCUT2D eigenvalue weighted by Crippen LogP contribution is -2.03. The second kappa shape index (κ2) is 6.53. The van der Waals surface area contributed by atoms with Crippen LogP contribution in [-0.2, 0) is 6.42 Å². The zero-order chi connectivity index (χ0) is 15.2. The third kappa shape index (κ3) is 3.58. The third-order valence-corrected chi connectivity index (χ3v) is 3.29. The first-order chi connectivity index (χ1) is 10.1. The number of allylic oxidation sites excluding steroid dienone is 1. The number of aromatic carboxylic acids is 1. The first kappa shape index (κ1) is 14.5. The largest absolute Gasteiger partial charge is 0.478 e. The molecule has 3 nitrogen and oxygen atoms in total. The lowest BCUT2D eigenvalue weighted by atomic mass is 9.98. The molecule has 0 aliphatic carbocycles. The van der Waals surface area contributed by atoms with Gasteiger partial charge in [-0.15, -0.1) is 0 Å². The summed E-state index contributed by atoms with van der Waals surface area (Å²) in [5.41, 5.74) is 3.66. The Hall–Kier alpha value is -2.86. The number of rotatable bonds is 4. The zero-order valence-electron chi connectivity index (χ0n) is 11.7. The number of benzene rings is 2. The summed E-state index contributed by atoms with van der Waals surface area (Å²) in [4.78, 5) is 11.2. The summed E-state index contributed by atoms with van der Waals surface area (Å²) >= 11 is 0. The zero-order valence-corrected chi connectivity index (χ0v) is 11.7. The van der Waals surface area contributed by atoms with Crippen LogP contribution in [0.4, 0.5) is 0 Å². The molecule has 1 N–H and O–H groups in total. The second-order valence-electron chi connectivity index (χ2n) is 4.75. The lowest BCUT2D eigenvalue weighted by Gasteiger charge is -2.07. The Morgan fingerprint density at radius 3 is 2.76 bits per heavy atom. The van der Waals surface area contributed by atoms with Gasteiger partial charge in [-0.25, -0.2) is 4.79 Å². The van der Waals surface area contributed by atoms with Crippen LogP contribution < -0.4 is 0 Å². The summed E-state index contributed by atoms with van der Waals surface area (Å²) in [6, 6.07) is 14.7. The topological polar surface area (TPSA) is 61.1 Å². The maximum atomic E-state index is 11.2. The van der Waals surface area contributed by atoms with Crippen molar-refractivity contribution in [1.82, 2.24) is 0 Å². The van der Waals surface area contributed by atoms with E-state index in [4.69, 9.17) is 5.26 Å². The predicted octanol–water partition coefficient (Wildman–Crippen LogP) is 3.82. The Kier molecular flexibility index (Phi) is 4.53. The SMILES string of the molecule is Cc1cccc(C(=O)O)c1CC=Cc1cccc(C#N)c1. The van der Waals surface area contributed by atoms with E-state index >= 15 is 0 Å². The number of hydrogen-bond donors (Lipinski definition) is 1. The van der Waals surface area contributed by atoms with Gasteiger partial charge in [-0.2, -0.15) is 5.26 Å². The number of carboxylic acid groups (broad SMARTS) is 1. The van der Waals surface area contributed by atoms with Gasteiger partial charge in [0.25, 0.3) is 0 Å². The molecule has 0 bridgehead atoms. The minimum atomic E-state index is -0.909. The molecule has 3 heteroatoms. The fraction of sp³-hybridized carbons (Fsp3) is 0.111. The quantitative estimate of drug-likeness (QED) is 0.924. The highest BCUT2D eigenvalue weighted by atomic mass is 16.4. The Morgan fingerprint density at radius 1 is 1.29 bits per heavy atom. The van der Waals surface area contributed by atoms with Gasteiger partial charge in [-0.05, 0) is 48.2 Å². The molecule has 2 rings (SSSR count). The van der Waals surface area contributed by atoms with E-state index in [9.17, 15) is 9.90 Å². The molecule has 2 aromatic rings. The van der Waals surface area contributed by atoms with E-state index in [1.807, 2.05) is 37.3 Å². The number of nitriles is 1. The Bertz CT molecular complexity index is 739. The van der Waals surface area contributed by atoms with Crippen LogP contribution in [0.5, 0.6) is 0 Å². The molecule has 0 saturated heterocycles. The molecule has 0 spiro atoms. The van der Waals surface area contributed by atoms with E-state index in [0.29, 0.717) is 17.5 Å². The summed E-state index contributed by atoms with van der Waals surface area (Å²) in [6.07, 6.45) is 4.37. The highest BCUT2D eigenvalue weighted by Crippen LogP contribution is 2.16. The molecule has 21 heavy (non-hydrogen) atoms. The summed E-state index contributed by atoms with van der Waals surface area (Å²) < 4.78 is 0. The predicted molar refractivity (Wildman–Crippen MR) is 82.0 cm³/mol. The van der Waals surface area contributed by atoms with Crippen molar-refractivity contribution in [2.24, 2.45) is 0 Å². The summed E-state index contributed by atoms with van der Waals surface area (Å²) in [7, 11) is 0. The van der Waals surface area contributed by atoms with E-state index in [0.717, 1.165) is 16.7 Å². The standard InChI is InChI=1S/C18H15NO2/c1-13-5-2-10-17(18(20)21)16(13)9-4-7-14-6-3-8-15(11-14)12-19/h2-8,10-11H,9H2,1H3,(H,20,21). The van der Waals surface area contributed by atoms with Crippen LogP contribution in [0.3, 0.4) is 0 Å². The van der Waals surface area contributed by atoms with Crippen molar-refractivity contribution in [3.63, 3.8) is 0 Å². The van der Waals surface area contributed by atoms with E-state index in [1.165, 1.54) is 0 Å². The van der Waals surface area contributed by atoms with Crippen molar-refractivity contribution in [2.75, 3.05) is 0 Å². The van der Waals surface area contributed by atoms with Gasteiger partial charge in [0.15, 0.2) is 0 Å². The van der Waals surface area contributed by atoms with Crippen LogP contribution in [0, 0.1) is 18.3 Å². The molecule has 0 aromatic heterocycles. The monoisotopic (exact) mass is 277 g/mol. The molecule has 0 fully saturated rings. The van der Waals surface area contributed by atoms with Crippen LogP contribution >= 0.6 is 0 Å². The van der Waals surface area contributed by atoms with Crippen LogP contribution in [0.2, 0.25) is 0 Å². The van der Waals surface area contributed by atoms with Gasteiger partial charge in [0, 0.05) is 0 Å². The van der Waals surface area contributed by atoms with Crippen molar-refractivity contribution < 1.29 is 9.90 Å². The van der Waals surface area contributed by atoms with E-state index < -0.39 is 5.97 Å². The van der Waals surface area contributed by atoms with Crippen LogP contribution in [-0.4, -0.2) is 11.1 Å². The summed E-state index contributed by atoms with van der Waals surface area (Å²) in [6.45, 7) is 1.91. The third-order valence-electron chi connectivity index (χ3n) is 3.29. The van der Waals surface area contributed by atoms with Crippen molar-refractivity contribution in [3.8, 4) is 6.07 Å². The van der Waals surface area contributed by atoms with Crippen LogP contribution in [0.25, 0.3) is 6.08 Å². The molecule has 0 aliphatic rings. The average molecular weight is 277 g/mol. The van der Waals surface area contributed by atoms with Gasteiger partial charge in [0.2, 0.25) is 0 Å². The molecule has 0 radical (unpaired) electrons. The molecule has 0 atom stereocenters. The van der Waals surface area contributed by atoms with Crippen LogP contribution in [0.1, 0.15) is 32.6 Å². The number of carbonyl (C=O) groups is 1. The van der Waals surface area contributed by atoms with Crippen molar-refractivity contribution >= 4 is 12.0 Å². The first-order valence-electron chi connectivity index (χ1n) is 6.60. The van der Waals surface area contributed by atoms with Crippen molar-refractivity contribution in [1.29, 1.82) is 5.26 Å². The minimum absolute atomic E-state index is 0.338. The molecule has 0 heterocycles. The Labute approximate surface area is 123 Å². The van der Waals surface area contributed by atoms with Gasteiger partial charge in [0.1, 0.15) is 0 Å². The first-order valence-corrected chi connectivity index (χ1v) is 6.60. The number of aryl methyl sites for hydroxylation is 1. The second-order valence-corrected chi connectivity index (χ2v) is 4.75. The molecule has 2 aromatic carbocycles. The van der Waals surface area contributed by atoms with Crippen molar-refractivity contribution in [3.05, 3.63) is 76.4 Å². The highest BCUT2D eigenvalue weighted by Gasteiger charge is 2.10. The highest BCUT2D eigenvalue weighted by molar-refractivity contribution is 5.89. The van der Waals surface area contributed by atoms with E-state index in [2.05, 4.69) is 6.07 Å². The van der Waals surface area contributed by atoms with Crippen molar-refractivity contribution in [2.45, 2.75) is 13.3 Å². The Balaban J connectivity index is 2.22.